The molecular weight excluding hydrogens is 514 g/mol. The predicted octanol–water partition coefficient (Wildman–Crippen LogP) is 3.76. The maximum absolute atomic E-state index is 15.7. The van der Waals surface area contributed by atoms with E-state index in [0.717, 1.165) is 20.8 Å². The Morgan fingerprint density at radius 1 is 0.811 bits per heavy atom. The van der Waals surface area contributed by atoms with Gasteiger partial charge in [-0.25, -0.2) is 13.5 Å². The van der Waals surface area contributed by atoms with Crippen molar-refractivity contribution in [3.05, 3.63) is 60.7 Å². The van der Waals surface area contributed by atoms with Crippen molar-refractivity contribution in [1.82, 2.24) is 0 Å². The Labute approximate surface area is 212 Å². The fourth-order valence-electron chi connectivity index (χ4n) is 3.36. The van der Waals surface area contributed by atoms with Crippen LogP contribution in [0.1, 0.15) is 20.8 Å². The quantitative estimate of drug-likeness (QED) is 0.248. The van der Waals surface area contributed by atoms with Gasteiger partial charge in [0.25, 0.3) is 0 Å². The summed E-state index contributed by atoms with van der Waals surface area (Å²) in [5, 5.41) is 0. The van der Waals surface area contributed by atoms with Crippen molar-refractivity contribution >= 4 is 25.7 Å². The van der Waals surface area contributed by atoms with Gasteiger partial charge >= 0.3 is 25.7 Å². The summed E-state index contributed by atoms with van der Waals surface area (Å²) in [6.07, 6.45) is -8.98. The van der Waals surface area contributed by atoms with Crippen molar-refractivity contribution in [1.29, 1.82) is 0 Å². The van der Waals surface area contributed by atoms with Crippen LogP contribution < -0.4 is 9.05 Å². The zero-order valence-electron chi connectivity index (χ0n) is 20.2. The molecule has 5 atom stereocenters. The van der Waals surface area contributed by atoms with Gasteiger partial charge in [0, 0.05) is 20.8 Å². The maximum atomic E-state index is 15.7. The second-order valence-corrected chi connectivity index (χ2v) is 9.27. The van der Waals surface area contributed by atoms with E-state index in [0.29, 0.717) is 0 Å². The molecule has 0 spiro atoms. The van der Waals surface area contributed by atoms with Gasteiger partial charge in [-0.15, -0.1) is 0 Å². The number of alkyl halides is 1. The van der Waals surface area contributed by atoms with Crippen LogP contribution >= 0.6 is 7.82 Å². The Morgan fingerprint density at radius 2 is 1.30 bits per heavy atom. The number of hydrogen-bond acceptors (Lipinski definition) is 11. The number of benzene rings is 2. The highest BCUT2D eigenvalue weighted by Gasteiger charge is 2.54. The van der Waals surface area contributed by atoms with Gasteiger partial charge in [0.15, 0.2) is 18.4 Å². The molecule has 0 amide bonds. The van der Waals surface area contributed by atoms with Gasteiger partial charge in [0.1, 0.15) is 24.2 Å². The lowest BCUT2D eigenvalue weighted by molar-refractivity contribution is -0.274. The molecule has 0 aliphatic carbocycles. The molecule has 0 N–H and O–H groups in total. The first-order chi connectivity index (χ1) is 17.6. The van der Waals surface area contributed by atoms with Crippen LogP contribution in [-0.2, 0) is 42.4 Å². The van der Waals surface area contributed by atoms with E-state index in [1.54, 1.807) is 36.4 Å². The standard InChI is InChI=1S/C24H26FO11P/c1-15(26)30-14-20-22(31-16(2)27)23(32-17(3)28)21(25)24(33-20)36-37(29,34-18-10-6-4-7-11-18)35-19-12-8-5-9-13-19/h4-13,20-24H,14H2,1-3H3/t20-,21-,22-,23-,24-/m1/s1. The van der Waals surface area contributed by atoms with Crippen LogP contribution in [0.3, 0.4) is 0 Å². The Balaban J connectivity index is 1.94. The first-order valence-corrected chi connectivity index (χ1v) is 12.6. The monoisotopic (exact) mass is 540 g/mol. The van der Waals surface area contributed by atoms with Crippen molar-refractivity contribution in [3.8, 4) is 11.5 Å². The van der Waals surface area contributed by atoms with Gasteiger partial charge in [-0.3, -0.25) is 14.4 Å². The number of halogens is 1. The molecule has 1 saturated heterocycles. The highest BCUT2D eigenvalue weighted by molar-refractivity contribution is 7.49. The van der Waals surface area contributed by atoms with Crippen molar-refractivity contribution < 1.29 is 55.9 Å². The molecule has 1 fully saturated rings. The molecule has 1 aliphatic rings. The van der Waals surface area contributed by atoms with Crippen molar-refractivity contribution in [2.75, 3.05) is 6.61 Å². The van der Waals surface area contributed by atoms with Crippen LogP contribution in [0, 0.1) is 0 Å². The van der Waals surface area contributed by atoms with Crippen molar-refractivity contribution in [2.24, 2.45) is 0 Å². The molecule has 2 aromatic rings. The number of para-hydroxylation sites is 2. The van der Waals surface area contributed by atoms with E-state index >= 15 is 4.39 Å². The summed E-state index contributed by atoms with van der Waals surface area (Å²) >= 11 is 0. The molecule has 3 rings (SSSR count). The molecule has 0 unspecified atom stereocenters. The van der Waals surface area contributed by atoms with Gasteiger partial charge in [0.05, 0.1) is 0 Å². The van der Waals surface area contributed by atoms with Gasteiger partial charge in [-0.05, 0) is 24.3 Å². The number of carbonyl (C=O) groups excluding carboxylic acids is 3. The molecular formula is C24H26FO11P. The third-order valence-corrected chi connectivity index (χ3v) is 6.12. The van der Waals surface area contributed by atoms with Gasteiger partial charge in [0.2, 0.25) is 6.29 Å². The lowest BCUT2D eigenvalue weighted by Crippen LogP contribution is -2.60. The summed E-state index contributed by atoms with van der Waals surface area (Å²) in [6, 6.07) is 15.7. The SMILES string of the molecule is CC(=O)OC[C@H]1O[C@H](OP(=O)(Oc2ccccc2)Oc2ccccc2)[C@H](F)[C@@H](OC(C)=O)[C@@H]1OC(C)=O. The topological polar surface area (TPSA) is 133 Å². The molecule has 0 saturated carbocycles. The van der Waals surface area contributed by atoms with Gasteiger partial charge < -0.3 is 28.0 Å². The van der Waals surface area contributed by atoms with Crippen LogP contribution in [0.2, 0.25) is 0 Å². The fraction of sp³-hybridized carbons (Fsp3) is 0.375. The summed E-state index contributed by atoms with van der Waals surface area (Å²) in [5.74, 6) is -2.28. The van der Waals surface area contributed by atoms with E-state index < -0.39 is 63.1 Å². The van der Waals surface area contributed by atoms with Crippen molar-refractivity contribution in [3.63, 3.8) is 0 Å². The summed E-state index contributed by atoms with van der Waals surface area (Å²) in [4.78, 5) is 34.8. The molecule has 1 aliphatic heterocycles. The lowest BCUT2D eigenvalue weighted by atomic mass is 9.99. The zero-order chi connectivity index (χ0) is 27.0. The summed E-state index contributed by atoms with van der Waals surface area (Å²) < 4.78 is 66.6. The molecule has 1 heterocycles. The minimum absolute atomic E-state index is 0.0822. The van der Waals surface area contributed by atoms with E-state index in [2.05, 4.69) is 0 Å². The number of ether oxygens (including phenoxy) is 4. The van der Waals surface area contributed by atoms with E-state index in [4.69, 9.17) is 32.5 Å². The predicted molar refractivity (Wildman–Crippen MR) is 124 cm³/mol. The smallest absolute Gasteiger partial charge is 0.463 e. The molecule has 2 aromatic carbocycles. The Kier molecular flexibility index (Phi) is 9.62. The number of phosphoric ester groups is 1. The van der Waals surface area contributed by atoms with E-state index in [1.165, 1.54) is 24.3 Å². The van der Waals surface area contributed by atoms with Crippen LogP contribution in [0.4, 0.5) is 4.39 Å². The lowest BCUT2D eigenvalue weighted by Gasteiger charge is -2.41. The first kappa shape index (κ1) is 28.1. The van der Waals surface area contributed by atoms with E-state index in [1.807, 2.05) is 0 Å². The average Bonchev–Trinajstić information content (AvgIpc) is 2.83. The molecule has 13 heteroatoms. The number of phosphoric acid groups is 1. The average molecular weight is 540 g/mol. The third-order valence-electron chi connectivity index (χ3n) is 4.78. The molecule has 0 bridgehead atoms. The third kappa shape index (κ3) is 8.28. The van der Waals surface area contributed by atoms with E-state index in [-0.39, 0.29) is 11.5 Å². The van der Waals surface area contributed by atoms with Gasteiger partial charge in [-0.2, -0.15) is 0 Å². The highest BCUT2D eigenvalue weighted by Crippen LogP contribution is 2.52. The molecule has 200 valence electrons. The highest BCUT2D eigenvalue weighted by atomic mass is 31.2. The maximum Gasteiger partial charge on any atom is 0.590 e. The van der Waals surface area contributed by atoms with Gasteiger partial charge in [-0.1, -0.05) is 36.4 Å². The Morgan fingerprint density at radius 3 is 1.76 bits per heavy atom. The second kappa shape index (κ2) is 12.7. The number of rotatable bonds is 10. The number of hydrogen-bond donors (Lipinski definition) is 0. The fourth-order valence-corrected chi connectivity index (χ4v) is 4.66. The van der Waals surface area contributed by atoms with Crippen LogP contribution in [0.5, 0.6) is 11.5 Å². The minimum atomic E-state index is -4.66. The van der Waals surface area contributed by atoms with Crippen LogP contribution in [-0.4, -0.2) is 55.3 Å². The first-order valence-electron chi connectivity index (χ1n) is 11.1. The Bertz CT molecular complexity index is 1070. The van der Waals surface area contributed by atoms with Crippen LogP contribution in [0.15, 0.2) is 60.7 Å². The molecule has 37 heavy (non-hydrogen) atoms. The van der Waals surface area contributed by atoms with Crippen LogP contribution in [0.25, 0.3) is 0 Å². The minimum Gasteiger partial charge on any atom is -0.463 e. The largest absolute Gasteiger partial charge is 0.590 e. The summed E-state index contributed by atoms with van der Waals surface area (Å²) in [7, 11) is -4.66. The Hall–Kier alpha value is -3.47. The second-order valence-electron chi connectivity index (χ2n) is 7.80. The van der Waals surface area contributed by atoms with Crippen molar-refractivity contribution in [2.45, 2.75) is 51.5 Å². The molecule has 0 radical (unpaired) electrons. The summed E-state index contributed by atoms with van der Waals surface area (Å²) in [6.45, 7) is 2.67. The molecule has 11 nitrogen and oxygen atoms in total. The zero-order valence-corrected chi connectivity index (χ0v) is 21.1. The molecule has 0 aromatic heterocycles. The normalized spacial score (nSPS) is 23.4. The number of esters is 3. The number of carbonyl (C=O) groups is 3. The van der Waals surface area contributed by atoms with E-state index in [9.17, 15) is 18.9 Å². The summed E-state index contributed by atoms with van der Waals surface area (Å²) in [5.41, 5.74) is 0.